The standard InChI is InChI=1S/C21H23N7O/c1-23-19-16-10-24-17(21(5-6-21)20(22)29)8-14(16)15(9-25-19)12-3-2-4-13(7-12)18-26-11-27-28-18/h3,8-11,13H,2,4-7H2,1H3,(H2,22,29)(H,23,25)(H,26,27,28). The third-order valence-electron chi connectivity index (χ3n) is 6.24. The van der Waals surface area contributed by atoms with Crippen LogP contribution in [0.1, 0.15) is 55.1 Å². The van der Waals surface area contributed by atoms with Crippen LogP contribution in [-0.2, 0) is 10.2 Å². The maximum atomic E-state index is 12.0. The first-order valence-corrected chi connectivity index (χ1v) is 9.94. The van der Waals surface area contributed by atoms with Crippen molar-refractivity contribution >= 4 is 28.1 Å². The number of carbonyl (C=O) groups is 1. The molecule has 4 N–H and O–H groups in total. The van der Waals surface area contributed by atoms with Crippen LogP contribution >= 0.6 is 0 Å². The monoisotopic (exact) mass is 389 g/mol. The van der Waals surface area contributed by atoms with Crippen LogP contribution in [0.15, 0.2) is 30.9 Å². The molecular formula is C21H23N7O. The molecule has 8 heteroatoms. The summed E-state index contributed by atoms with van der Waals surface area (Å²) in [5, 5.41) is 12.2. The van der Waals surface area contributed by atoms with Crippen LogP contribution < -0.4 is 11.1 Å². The molecule has 0 radical (unpaired) electrons. The van der Waals surface area contributed by atoms with E-state index in [4.69, 9.17) is 5.73 Å². The van der Waals surface area contributed by atoms with Crippen molar-refractivity contribution in [2.24, 2.45) is 5.73 Å². The third-order valence-corrected chi connectivity index (χ3v) is 6.24. The molecule has 1 amide bonds. The first-order chi connectivity index (χ1) is 14.1. The van der Waals surface area contributed by atoms with Gasteiger partial charge in [-0.3, -0.25) is 14.9 Å². The lowest BCUT2D eigenvalue weighted by molar-refractivity contribution is -0.120. The topological polar surface area (TPSA) is 122 Å². The summed E-state index contributed by atoms with van der Waals surface area (Å²) < 4.78 is 0. The Morgan fingerprint density at radius 3 is 2.79 bits per heavy atom. The van der Waals surface area contributed by atoms with Crippen molar-refractivity contribution in [3.8, 4) is 0 Å². The molecule has 1 fully saturated rings. The summed E-state index contributed by atoms with van der Waals surface area (Å²) in [6.45, 7) is 0. The van der Waals surface area contributed by atoms with E-state index in [1.54, 1.807) is 6.33 Å². The highest BCUT2D eigenvalue weighted by atomic mass is 16.1. The lowest BCUT2D eigenvalue weighted by Crippen LogP contribution is -2.29. The molecule has 1 saturated carbocycles. The molecule has 0 aliphatic heterocycles. The van der Waals surface area contributed by atoms with Gasteiger partial charge in [-0.15, -0.1) is 0 Å². The van der Waals surface area contributed by atoms with Gasteiger partial charge in [-0.1, -0.05) is 6.08 Å². The summed E-state index contributed by atoms with van der Waals surface area (Å²) in [5.41, 5.74) is 8.13. The Kier molecular flexibility index (Phi) is 4.08. The normalized spacial score (nSPS) is 20.3. The fourth-order valence-corrected chi connectivity index (χ4v) is 4.37. The van der Waals surface area contributed by atoms with Gasteiger partial charge in [0.05, 0.1) is 11.1 Å². The number of allylic oxidation sites excluding steroid dienone is 2. The Bertz CT molecular complexity index is 1120. The van der Waals surface area contributed by atoms with Gasteiger partial charge < -0.3 is 11.1 Å². The van der Waals surface area contributed by atoms with Gasteiger partial charge in [0.2, 0.25) is 5.91 Å². The lowest BCUT2D eigenvalue weighted by atomic mass is 9.84. The number of H-pyrrole nitrogens is 1. The number of rotatable bonds is 5. The molecule has 1 atom stereocenters. The predicted molar refractivity (Wildman–Crippen MR) is 110 cm³/mol. The van der Waals surface area contributed by atoms with Crippen LogP contribution in [0.2, 0.25) is 0 Å². The molecular weight excluding hydrogens is 366 g/mol. The second-order valence-corrected chi connectivity index (χ2v) is 7.90. The predicted octanol–water partition coefficient (Wildman–Crippen LogP) is 2.66. The van der Waals surface area contributed by atoms with Crippen LogP contribution in [0.25, 0.3) is 16.3 Å². The maximum Gasteiger partial charge on any atom is 0.229 e. The van der Waals surface area contributed by atoms with Gasteiger partial charge in [0.15, 0.2) is 5.82 Å². The van der Waals surface area contributed by atoms with Crippen LogP contribution in [0.3, 0.4) is 0 Å². The minimum atomic E-state index is -0.614. The quantitative estimate of drug-likeness (QED) is 0.616. The van der Waals surface area contributed by atoms with Crippen LogP contribution in [0.5, 0.6) is 0 Å². The first kappa shape index (κ1) is 17.8. The van der Waals surface area contributed by atoms with Gasteiger partial charge in [-0.25, -0.2) is 9.97 Å². The number of carbonyl (C=O) groups excluding carboxylic acids is 1. The molecule has 0 spiro atoms. The number of hydrogen-bond acceptors (Lipinski definition) is 6. The Morgan fingerprint density at radius 1 is 1.24 bits per heavy atom. The molecule has 29 heavy (non-hydrogen) atoms. The number of anilines is 1. The van der Waals surface area contributed by atoms with E-state index in [2.05, 4.69) is 36.5 Å². The van der Waals surface area contributed by atoms with Gasteiger partial charge in [-0.2, -0.15) is 5.10 Å². The number of nitrogens with two attached hydrogens (primary N) is 1. The molecule has 0 aromatic carbocycles. The average molecular weight is 389 g/mol. The summed E-state index contributed by atoms with van der Waals surface area (Å²) in [5.74, 6) is 1.61. The molecule has 0 bridgehead atoms. The molecule has 5 rings (SSSR count). The van der Waals surface area contributed by atoms with E-state index in [9.17, 15) is 4.79 Å². The van der Waals surface area contributed by atoms with Gasteiger partial charge in [-0.05, 0) is 49.1 Å². The SMILES string of the molecule is CNc1ncc(C2=CCCC(c3nc[nH]n3)C2)c2cc(C3(C(N)=O)CC3)ncc12. The number of aromatic nitrogens is 5. The molecule has 3 heterocycles. The van der Waals surface area contributed by atoms with E-state index >= 15 is 0 Å². The summed E-state index contributed by atoms with van der Waals surface area (Å²) in [6.07, 6.45) is 12.0. The van der Waals surface area contributed by atoms with Gasteiger partial charge in [0.25, 0.3) is 0 Å². The minimum Gasteiger partial charge on any atom is -0.373 e. The summed E-state index contributed by atoms with van der Waals surface area (Å²) in [6, 6.07) is 2.03. The van der Waals surface area contributed by atoms with Gasteiger partial charge in [0, 0.05) is 36.3 Å². The van der Waals surface area contributed by atoms with E-state index in [-0.39, 0.29) is 11.8 Å². The van der Waals surface area contributed by atoms with Gasteiger partial charge >= 0.3 is 0 Å². The van der Waals surface area contributed by atoms with Crippen molar-refractivity contribution in [2.45, 2.75) is 43.4 Å². The van der Waals surface area contributed by atoms with E-state index in [0.29, 0.717) is 0 Å². The van der Waals surface area contributed by atoms with Crippen molar-refractivity contribution < 1.29 is 4.79 Å². The molecule has 2 aliphatic rings. The summed E-state index contributed by atoms with van der Waals surface area (Å²) in [7, 11) is 1.85. The number of aromatic amines is 1. The average Bonchev–Trinajstić information content (AvgIpc) is 3.39. The van der Waals surface area contributed by atoms with Crippen LogP contribution in [-0.4, -0.2) is 38.1 Å². The zero-order valence-electron chi connectivity index (χ0n) is 16.3. The summed E-state index contributed by atoms with van der Waals surface area (Å²) >= 11 is 0. The molecule has 1 unspecified atom stereocenters. The molecule has 2 aliphatic carbocycles. The second-order valence-electron chi connectivity index (χ2n) is 7.90. The molecule has 8 nitrogen and oxygen atoms in total. The van der Waals surface area contributed by atoms with Crippen LogP contribution in [0, 0.1) is 0 Å². The second kappa shape index (κ2) is 6.65. The highest BCUT2D eigenvalue weighted by Gasteiger charge is 2.51. The summed E-state index contributed by atoms with van der Waals surface area (Å²) in [4.78, 5) is 25.6. The Labute approximate surface area is 168 Å². The van der Waals surface area contributed by atoms with Crippen LogP contribution in [0.4, 0.5) is 5.82 Å². The molecule has 148 valence electrons. The fraction of sp³-hybridized carbons (Fsp3) is 0.381. The molecule has 0 saturated heterocycles. The molecule has 3 aromatic rings. The van der Waals surface area contributed by atoms with E-state index < -0.39 is 5.41 Å². The van der Waals surface area contributed by atoms with E-state index in [1.165, 1.54) is 5.57 Å². The zero-order chi connectivity index (χ0) is 20.0. The Morgan fingerprint density at radius 2 is 2.10 bits per heavy atom. The Hall–Kier alpha value is -3.29. The largest absolute Gasteiger partial charge is 0.373 e. The van der Waals surface area contributed by atoms with Crippen molar-refractivity contribution in [1.82, 2.24) is 25.1 Å². The van der Waals surface area contributed by atoms with Crippen molar-refractivity contribution in [3.05, 3.63) is 47.9 Å². The van der Waals surface area contributed by atoms with E-state index in [0.717, 1.165) is 65.8 Å². The highest BCUT2D eigenvalue weighted by Crippen LogP contribution is 2.48. The number of fused-ring (bicyclic) bond motifs is 1. The van der Waals surface area contributed by atoms with Crippen molar-refractivity contribution in [3.63, 3.8) is 0 Å². The van der Waals surface area contributed by atoms with Crippen molar-refractivity contribution in [2.75, 3.05) is 12.4 Å². The Balaban J connectivity index is 1.61. The number of amides is 1. The zero-order valence-corrected chi connectivity index (χ0v) is 16.3. The number of primary amides is 1. The van der Waals surface area contributed by atoms with Gasteiger partial charge in [0.1, 0.15) is 12.1 Å². The maximum absolute atomic E-state index is 12.0. The minimum absolute atomic E-state index is 0.280. The number of nitrogens with one attached hydrogen (secondary N) is 2. The number of nitrogens with zero attached hydrogens (tertiary/aromatic N) is 4. The smallest absolute Gasteiger partial charge is 0.229 e. The highest BCUT2D eigenvalue weighted by molar-refractivity contribution is 6.00. The molecule has 3 aromatic heterocycles. The lowest BCUT2D eigenvalue weighted by Gasteiger charge is -2.22. The number of hydrogen-bond donors (Lipinski definition) is 3. The fourth-order valence-electron chi connectivity index (χ4n) is 4.37. The first-order valence-electron chi connectivity index (χ1n) is 9.94. The van der Waals surface area contributed by atoms with Crippen molar-refractivity contribution in [1.29, 1.82) is 0 Å². The third kappa shape index (κ3) is 2.86. The number of pyridine rings is 2. The van der Waals surface area contributed by atoms with E-state index in [1.807, 2.05) is 25.5 Å².